The van der Waals surface area contributed by atoms with Crippen LogP contribution in [0.25, 0.3) is 0 Å². The van der Waals surface area contributed by atoms with E-state index in [0.29, 0.717) is 21.8 Å². The maximum absolute atomic E-state index is 13.3. The lowest BCUT2D eigenvalue weighted by Gasteiger charge is -2.06. The van der Waals surface area contributed by atoms with Crippen LogP contribution in [0.3, 0.4) is 0 Å². The van der Waals surface area contributed by atoms with Gasteiger partial charge >= 0.3 is 5.97 Å². The third kappa shape index (κ3) is 3.60. The van der Waals surface area contributed by atoms with Gasteiger partial charge in [0.15, 0.2) is 5.16 Å². The molecule has 8 heteroatoms. The number of methoxy groups -OCH3 is 2. The predicted molar refractivity (Wildman–Crippen MR) is 72.6 cm³/mol. The van der Waals surface area contributed by atoms with Gasteiger partial charge in [0.1, 0.15) is 5.82 Å². The van der Waals surface area contributed by atoms with E-state index in [9.17, 15) is 9.18 Å². The first-order valence-corrected chi connectivity index (χ1v) is 6.53. The van der Waals surface area contributed by atoms with Crippen molar-refractivity contribution in [3.63, 3.8) is 0 Å². The number of rotatable bonds is 5. The molecule has 1 aromatic heterocycles. The fraction of sp³-hybridized carbons (Fsp3) is 0.154. The van der Waals surface area contributed by atoms with Crippen molar-refractivity contribution in [1.82, 2.24) is 9.97 Å². The van der Waals surface area contributed by atoms with Crippen molar-refractivity contribution in [2.24, 2.45) is 0 Å². The Morgan fingerprint density at radius 2 is 1.81 bits per heavy atom. The number of aromatic carboxylic acids is 1. The molecule has 0 unspecified atom stereocenters. The number of carbonyl (C=O) groups is 1. The number of carboxylic acids is 1. The molecular formula is C13H11FN2O4S. The third-order valence-corrected chi connectivity index (χ3v) is 3.31. The van der Waals surface area contributed by atoms with Crippen molar-refractivity contribution in [2.75, 3.05) is 14.2 Å². The van der Waals surface area contributed by atoms with Crippen molar-refractivity contribution in [3.8, 4) is 11.8 Å². The average Bonchev–Trinajstić information content (AvgIpc) is 2.48. The third-order valence-electron chi connectivity index (χ3n) is 2.45. The first-order valence-electron chi connectivity index (χ1n) is 5.71. The Labute approximate surface area is 123 Å². The normalized spacial score (nSPS) is 10.2. The lowest BCUT2D eigenvalue weighted by atomic mass is 10.2. The molecule has 0 atom stereocenters. The summed E-state index contributed by atoms with van der Waals surface area (Å²) in [7, 11) is 2.91. The minimum Gasteiger partial charge on any atom is -0.481 e. The second-order valence-corrected chi connectivity index (χ2v) is 4.82. The molecule has 110 valence electrons. The molecule has 0 amide bonds. The van der Waals surface area contributed by atoms with Gasteiger partial charge in [0.05, 0.1) is 25.8 Å². The summed E-state index contributed by atoms with van der Waals surface area (Å²) in [5.74, 6) is -1.51. The van der Waals surface area contributed by atoms with Crippen LogP contribution >= 0.6 is 11.8 Å². The van der Waals surface area contributed by atoms with E-state index in [1.54, 1.807) is 0 Å². The molecule has 0 spiro atoms. The molecule has 2 aromatic rings. The minimum absolute atomic E-state index is 0.300. The van der Waals surface area contributed by atoms with E-state index in [-0.39, 0.29) is 0 Å². The molecule has 1 N–H and O–H groups in total. The van der Waals surface area contributed by atoms with E-state index >= 15 is 0 Å². The Bertz CT molecular complexity index is 659. The molecule has 6 nitrogen and oxygen atoms in total. The van der Waals surface area contributed by atoms with E-state index in [4.69, 9.17) is 14.6 Å². The lowest BCUT2D eigenvalue weighted by molar-refractivity contribution is 0.0691. The Morgan fingerprint density at radius 3 is 2.33 bits per heavy atom. The minimum atomic E-state index is -1.33. The highest BCUT2D eigenvalue weighted by Crippen LogP contribution is 2.29. The fourth-order valence-corrected chi connectivity index (χ4v) is 2.27. The molecular weight excluding hydrogens is 299 g/mol. The zero-order chi connectivity index (χ0) is 15.4. The van der Waals surface area contributed by atoms with Gasteiger partial charge in [0.25, 0.3) is 0 Å². The number of halogens is 1. The summed E-state index contributed by atoms with van der Waals surface area (Å²) in [6, 6.07) is 5.26. The first kappa shape index (κ1) is 15.0. The number of hydrogen-bond acceptors (Lipinski definition) is 6. The van der Waals surface area contributed by atoms with Gasteiger partial charge in [-0.2, -0.15) is 9.97 Å². The molecule has 1 heterocycles. The largest absolute Gasteiger partial charge is 0.481 e. The maximum Gasteiger partial charge on any atom is 0.338 e. The van der Waals surface area contributed by atoms with Crippen LogP contribution in [0.4, 0.5) is 4.39 Å². The molecule has 2 rings (SSSR count). The molecule has 0 aliphatic heterocycles. The summed E-state index contributed by atoms with van der Waals surface area (Å²) in [5, 5.41) is 9.20. The second-order valence-electron chi connectivity index (χ2n) is 3.78. The van der Waals surface area contributed by atoms with Gasteiger partial charge in [-0.25, -0.2) is 9.18 Å². The molecule has 0 fully saturated rings. The van der Waals surface area contributed by atoms with Crippen molar-refractivity contribution >= 4 is 17.7 Å². The van der Waals surface area contributed by atoms with Crippen LogP contribution in [-0.2, 0) is 0 Å². The highest BCUT2D eigenvalue weighted by molar-refractivity contribution is 7.99. The van der Waals surface area contributed by atoms with Crippen LogP contribution in [0.5, 0.6) is 11.8 Å². The lowest BCUT2D eigenvalue weighted by Crippen LogP contribution is -2.00. The van der Waals surface area contributed by atoms with Crippen molar-refractivity contribution in [2.45, 2.75) is 10.1 Å². The predicted octanol–water partition coefficient (Wildman–Crippen LogP) is 2.48. The van der Waals surface area contributed by atoms with Gasteiger partial charge in [0, 0.05) is 4.90 Å². The zero-order valence-corrected chi connectivity index (χ0v) is 12.0. The van der Waals surface area contributed by atoms with E-state index in [1.807, 2.05) is 0 Å². The molecule has 0 aliphatic carbocycles. The highest BCUT2D eigenvalue weighted by atomic mass is 32.2. The topological polar surface area (TPSA) is 81.5 Å². The Hall–Kier alpha value is -2.35. The monoisotopic (exact) mass is 310 g/mol. The van der Waals surface area contributed by atoms with E-state index in [0.717, 1.165) is 17.8 Å². The highest BCUT2D eigenvalue weighted by Gasteiger charge is 2.13. The Morgan fingerprint density at radius 1 is 1.19 bits per heavy atom. The van der Waals surface area contributed by atoms with Gasteiger partial charge in [-0.3, -0.25) is 0 Å². The summed E-state index contributed by atoms with van der Waals surface area (Å²) < 4.78 is 23.4. The summed E-state index contributed by atoms with van der Waals surface area (Å²) in [6.45, 7) is 0. The Kier molecular flexibility index (Phi) is 4.59. The van der Waals surface area contributed by atoms with E-state index < -0.39 is 17.3 Å². The van der Waals surface area contributed by atoms with Crippen molar-refractivity contribution in [3.05, 3.63) is 35.6 Å². The number of benzene rings is 1. The van der Waals surface area contributed by atoms with Crippen LogP contribution in [-0.4, -0.2) is 35.3 Å². The Balaban J connectivity index is 2.33. The fourth-order valence-electron chi connectivity index (χ4n) is 1.48. The average molecular weight is 310 g/mol. The van der Waals surface area contributed by atoms with Crippen LogP contribution in [0.2, 0.25) is 0 Å². The summed E-state index contributed by atoms with van der Waals surface area (Å²) >= 11 is 1.07. The second kappa shape index (κ2) is 6.40. The van der Waals surface area contributed by atoms with E-state index in [1.165, 1.54) is 32.4 Å². The molecule has 0 aliphatic rings. The summed E-state index contributed by atoms with van der Waals surface area (Å²) in [5.41, 5.74) is -0.408. The first-order chi connectivity index (χ1) is 10.0. The van der Waals surface area contributed by atoms with Gasteiger partial charge in [-0.15, -0.1) is 0 Å². The molecule has 0 radical (unpaired) electrons. The number of aromatic nitrogens is 2. The van der Waals surface area contributed by atoms with Gasteiger partial charge in [0.2, 0.25) is 11.8 Å². The van der Waals surface area contributed by atoms with E-state index in [2.05, 4.69) is 9.97 Å². The standard InChI is InChI=1S/C13H11FN2O4S/c1-19-10-6-11(20-2)16-13(15-10)21-7-3-4-9(14)8(5-7)12(17)18/h3-6H,1-2H3,(H,17,18). The zero-order valence-electron chi connectivity index (χ0n) is 11.2. The smallest absolute Gasteiger partial charge is 0.338 e. The van der Waals surface area contributed by atoms with Crippen LogP contribution in [0, 0.1) is 5.82 Å². The number of carboxylic acid groups (broad SMARTS) is 1. The molecule has 0 saturated carbocycles. The number of ether oxygens (including phenoxy) is 2. The SMILES string of the molecule is COc1cc(OC)nc(Sc2ccc(F)c(C(=O)O)c2)n1. The van der Waals surface area contributed by atoms with Gasteiger partial charge in [-0.1, -0.05) is 0 Å². The molecule has 21 heavy (non-hydrogen) atoms. The number of nitrogens with zero attached hydrogens (tertiary/aromatic N) is 2. The quantitative estimate of drug-likeness (QED) is 0.850. The summed E-state index contributed by atoms with van der Waals surface area (Å²) in [4.78, 5) is 19.6. The van der Waals surface area contributed by atoms with Crippen LogP contribution in [0.15, 0.2) is 34.3 Å². The van der Waals surface area contributed by atoms with Crippen LogP contribution in [0.1, 0.15) is 10.4 Å². The van der Waals surface area contributed by atoms with Crippen LogP contribution < -0.4 is 9.47 Å². The maximum atomic E-state index is 13.3. The number of hydrogen-bond donors (Lipinski definition) is 1. The molecule has 1 aromatic carbocycles. The molecule has 0 saturated heterocycles. The van der Waals surface area contributed by atoms with Crippen molar-refractivity contribution < 1.29 is 23.8 Å². The van der Waals surface area contributed by atoms with Gasteiger partial charge in [-0.05, 0) is 30.0 Å². The van der Waals surface area contributed by atoms with Gasteiger partial charge < -0.3 is 14.6 Å². The summed E-state index contributed by atoms with van der Waals surface area (Å²) in [6.07, 6.45) is 0. The molecule has 0 bridgehead atoms. The van der Waals surface area contributed by atoms with Crippen molar-refractivity contribution in [1.29, 1.82) is 0 Å².